The molecule has 44 heavy (non-hydrogen) atoms. The van der Waals surface area contributed by atoms with E-state index in [1.807, 2.05) is 0 Å². The van der Waals surface area contributed by atoms with Crippen LogP contribution in [0.4, 0.5) is 0 Å². The molecule has 0 aliphatic carbocycles. The molecular weight excluding hydrogens is 627 g/mol. The van der Waals surface area contributed by atoms with E-state index in [1.54, 1.807) is 19.2 Å². The van der Waals surface area contributed by atoms with Crippen molar-refractivity contribution in [2.24, 2.45) is 0 Å². The zero-order chi connectivity index (χ0) is 27.9. The van der Waals surface area contributed by atoms with Gasteiger partial charge in [0.2, 0.25) is 0 Å². The van der Waals surface area contributed by atoms with Crippen molar-refractivity contribution in [1.29, 1.82) is 0 Å². The first-order valence-corrected chi connectivity index (χ1v) is 16.7. The van der Waals surface area contributed by atoms with E-state index in [-0.39, 0.29) is 39.7 Å². The molecule has 0 saturated carbocycles. The summed E-state index contributed by atoms with van der Waals surface area (Å²) in [6.07, 6.45) is 2.19. The van der Waals surface area contributed by atoms with Gasteiger partial charge in [-0.2, -0.15) is 12.1 Å². The van der Waals surface area contributed by atoms with E-state index in [9.17, 15) is 0 Å². The molecule has 0 fully saturated rings. The molecule has 0 aliphatic rings. The van der Waals surface area contributed by atoms with Crippen molar-refractivity contribution in [3.05, 3.63) is 159 Å². The first-order valence-electron chi connectivity index (χ1n) is 13.9. The van der Waals surface area contributed by atoms with Gasteiger partial charge in [-0.15, -0.1) is 93.9 Å². The van der Waals surface area contributed by atoms with Crippen LogP contribution in [-0.4, -0.2) is 7.63 Å². The van der Waals surface area contributed by atoms with E-state index >= 15 is 0 Å². The average molecular weight is 668 g/mol. The summed E-state index contributed by atoms with van der Waals surface area (Å²) in [7, 11) is 2.97. The molecule has 7 rings (SSSR count). The van der Waals surface area contributed by atoms with E-state index < -0.39 is 0 Å². The van der Waals surface area contributed by atoms with Crippen LogP contribution in [0.15, 0.2) is 133 Å². The van der Waals surface area contributed by atoms with Gasteiger partial charge in [-0.1, -0.05) is 110 Å². The van der Waals surface area contributed by atoms with Crippen LogP contribution in [0.25, 0.3) is 54.6 Å². The summed E-state index contributed by atoms with van der Waals surface area (Å²) in [5.41, 5.74) is 8.13. The van der Waals surface area contributed by atoms with Crippen molar-refractivity contribution in [1.82, 2.24) is 0 Å². The molecule has 0 spiro atoms. The molecule has 4 heteroatoms. The van der Waals surface area contributed by atoms with Crippen LogP contribution in [0.3, 0.4) is 0 Å². The van der Waals surface area contributed by atoms with Crippen LogP contribution in [-0.2, 0) is 32.0 Å². The normalized spacial score (nSPS) is 9.66. The second-order valence-electron chi connectivity index (χ2n) is 9.94. The predicted molar refractivity (Wildman–Crippen MR) is 199 cm³/mol. The van der Waals surface area contributed by atoms with Crippen molar-refractivity contribution in [2.45, 2.75) is 26.7 Å². The molecule has 0 unspecified atom stereocenters. The first kappa shape index (κ1) is 39.1. The number of rotatable bonds is 4. The molecule has 2 radical (unpaired) electrons. The number of hydrogen-bond acceptors (Lipinski definition) is 0. The minimum absolute atomic E-state index is 0. The van der Waals surface area contributed by atoms with Gasteiger partial charge in [0.05, 0.1) is 0 Å². The van der Waals surface area contributed by atoms with Gasteiger partial charge in [0.15, 0.2) is 0 Å². The van der Waals surface area contributed by atoms with Crippen LogP contribution in [0, 0.1) is 14.9 Å². The molecule has 0 atom stereocenters. The summed E-state index contributed by atoms with van der Waals surface area (Å²) >= 11 is 1.81. The Labute approximate surface area is 290 Å². The van der Waals surface area contributed by atoms with Gasteiger partial charge >= 0.3 is 26.8 Å². The van der Waals surface area contributed by atoms with Gasteiger partial charge in [-0.05, 0) is 34.7 Å². The van der Waals surface area contributed by atoms with Crippen molar-refractivity contribution in [2.75, 3.05) is 0 Å². The van der Waals surface area contributed by atoms with Crippen LogP contribution in [0.5, 0.6) is 0 Å². The molecule has 0 saturated heterocycles. The molecule has 0 heterocycles. The molecule has 0 nitrogen and oxygen atoms in total. The van der Waals surface area contributed by atoms with Gasteiger partial charge in [0.1, 0.15) is 0 Å². The zero-order valence-corrected chi connectivity index (χ0v) is 30.1. The van der Waals surface area contributed by atoms with Crippen LogP contribution < -0.4 is 0 Å². The third-order valence-corrected chi connectivity index (χ3v) is 7.60. The van der Waals surface area contributed by atoms with Crippen molar-refractivity contribution >= 4 is 64.8 Å². The summed E-state index contributed by atoms with van der Waals surface area (Å²) in [5, 5.41) is 8.06. The van der Waals surface area contributed by atoms with E-state index in [0.717, 1.165) is 12.8 Å². The Kier molecular flexibility index (Phi) is 16.7. The van der Waals surface area contributed by atoms with Gasteiger partial charge in [-0.25, -0.2) is 0 Å². The number of benzene rings is 5. The Balaban J connectivity index is 0.000000390. The van der Waals surface area contributed by atoms with Crippen molar-refractivity contribution in [3.63, 3.8) is 0 Å². The van der Waals surface area contributed by atoms with Crippen LogP contribution in [0.1, 0.15) is 25.0 Å². The standard InChI is InChI=1S/C21H17.C17H15.2CH3.2ClH.Si.Ti/c1-2-15-13-17-9-6-12-20(21(17)14-15)19-11-5-8-16-7-3-4-10-18(16)19;1-2-13-11-15-9-6-10-16(17(15)12-13)14-7-4-3-5-8-14;;;;;;/h3-14H,2H2,1H3;3-12H,2H2,1H3;2*1H3;2*1H;;/q4*-1;;;;. The summed E-state index contributed by atoms with van der Waals surface area (Å²) in [4.78, 5) is 0. The third kappa shape index (κ3) is 8.42. The summed E-state index contributed by atoms with van der Waals surface area (Å²) in [6.45, 7) is 4.42. The summed E-state index contributed by atoms with van der Waals surface area (Å²) in [5.74, 6) is 0. The first-order chi connectivity index (χ1) is 19.7. The zero-order valence-electron chi connectivity index (χ0n) is 25.9. The van der Waals surface area contributed by atoms with E-state index in [4.69, 9.17) is 0 Å². The van der Waals surface area contributed by atoms with E-state index in [0.29, 0.717) is 0 Å². The second kappa shape index (κ2) is 18.8. The van der Waals surface area contributed by atoms with Gasteiger partial charge in [0, 0.05) is 0 Å². The second-order valence-corrected chi connectivity index (χ2v) is 9.94. The third-order valence-electron chi connectivity index (χ3n) is 7.60. The number of aryl methyl sites for hydroxylation is 2. The fourth-order valence-electron chi connectivity index (χ4n) is 5.57. The Morgan fingerprint density at radius 1 is 0.500 bits per heavy atom. The van der Waals surface area contributed by atoms with E-state index in [2.05, 4.69) is 155 Å². The van der Waals surface area contributed by atoms with Gasteiger partial charge in [-0.3, -0.25) is 0 Å². The Bertz CT molecular complexity index is 1860. The Morgan fingerprint density at radius 2 is 0.932 bits per heavy atom. The van der Waals surface area contributed by atoms with Crippen LogP contribution in [0.2, 0.25) is 0 Å². The Hall–Kier alpha value is -2.91. The minimum atomic E-state index is 0. The average Bonchev–Trinajstić information content (AvgIpc) is 3.66. The molecule has 7 aromatic carbocycles. The molecule has 0 amide bonds. The van der Waals surface area contributed by atoms with Gasteiger partial charge in [0.25, 0.3) is 0 Å². The quantitative estimate of drug-likeness (QED) is 0.129. The fourth-order valence-corrected chi connectivity index (χ4v) is 5.57. The Morgan fingerprint density at radius 3 is 1.50 bits per heavy atom. The molecule has 0 aliphatic heterocycles. The summed E-state index contributed by atoms with van der Waals surface area (Å²) < 4.78 is 0. The molecule has 0 aromatic heterocycles. The summed E-state index contributed by atoms with van der Waals surface area (Å²) in [6, 6.07) is 48.2. The number of hydrogen-bond donors (Lipinski definition) is 0. The fraction of sp³-hybridized carbons (Fsp3) is 0.100. The molecule has 226 valence electrons. The van der Waals surface area contributed by atoms with Crippen molar-refractivity contribution in [3.8, 4) is 22.3 Å². The molecular formula is C40H40Cl2SiTi-4. The van der Waals surface area contributed by atoms with Gasteiger partial charge < -0.3 is 14.9 Å². The van der Waals surface area contributed by atoms with E-state index in [1.165, 1.54) is 65.7 Å². The molecule has 7 aromatic rings. The molecule has 0 bridgehead atoms. The maximum absolute atomic E-state index is 2.97. The number of fused-ring (bicyclic) bond motifs is 3. The SMILES string of the molecule is CCc1cc2c(-c3cccc4ccccc34)cccc2[cH-]1.CCc1cc2c(-c3ccccc3)cccc2[cH-]1.Cl.Cl.[CH3-].[CH3-].[Si]=[Ti]. The monoisotopic (exact) mass is 666 g/mol. The predicted octanol–water partition coefficient (Wildman–Crippen LogP) is 12.1. The topological polar surface area (TPSA) is 0 Å². The number of halogens is 2. The van der Waals surface area contributed by atoms with Crippen LogP contribution >= 0.6 is 24.8 Å². The molecule has 0 N–H and O–H groups in total. The maximum atomic E-state index is 2.97. The van der Waals surface area contributed by atoms with Crippen molar-refractivity contribution < 1.29 is 19.2 Å².